The van der Waals surface area contributed by atoms with Gasteiger partial charge in [-0.15, -0.1) is 0 Å². The van der Waals surface area contributed by atoms with Gasteiger partial charge in [0.1, 0.15) is 6.33 Å². The molecule has 0 radical (unpaired) electrons. The molecule has 138 valence electrons. The number of nitrogens with zero attached hydrogens (tertiary/aromatic N) is 3. The summed E-state index contributed by atoms with van der Waals surface area (Å²) in [5, 5.41) is 9.36. The Bertz CT molecular complexity index is 993. The molecule has 1 aliphatic rings. The first-order chi connectivity index (χ1) is 13.1. The molecule has 0 aliphatic carbocycles. The maximum Gasteiger partial charge on any atom is 0.308 e. The van der Waals surface area contributed by atoms with Gasteiger partial charge in [0.15, 0.2) is 0 Å². The zero-order valence-corrected chi connectivity index (χ0v) is 15.1. The predicted octanol–water partition coefficient (Wildman–Crippen LogP) is 3.35. The van der Waals surface area contributed by atoms with Gasteiger partial charge >= 0.3 is 5.97 Å². The molecule has 4 rings (SSSR count). The fourth-order valence-corrected chi connectivity index (χ4v) is 3.86. The average Bonchev–Trinajstić information content (AvgIpc) is 3.12. The molecule has 1 saturated heterocycles. The van der Waals surface area contributed by atoms with E-state index in [0.29, 0.717) is 24.9 Å². The molecule has 3 aromatic rings. The normalized spacial score (nSPS) is 20.0. The van der Waals surface area contributed by atoms with Crippen LogP contribution in [0.15, 0.2) is 54.9 Å². The van der Waals surface area contributed by atoms with Gasteiger partial charge in [-0.2, -0.15) is 0 Å². The van der Waals surface area contributed by atoms with Gasteiger partial charge in [0.05, 0.1) is 17.0 Å². The van der Waals surface area contributed by atoms with Crippen LogP contribution in [0.4, 0.5) is 0 Å². The van der Waals surface area contributed by atoms with Crippen LogP contribution in [0.2, 0.25) is 0 Å². The van der Waals surface area contributed by atoms with Crippen molar-refractivity contribution < 1.29 is 14.7 Å². The molecule has 0 unspecified atom stereocenters. The Labute approximate surface area is 157 Å². The van der Waals surface area contributed by atoms with Gasteiger partial charge in [0.25, 0.3) is 5.91 Å². The Balaban J connectivity index is 1.58. The molecule has 2 aromatic carbocycles. The topological polar surface area (TPSA) is 75.4 Å². The number of hydrogen-bond acceptors (Lipinski definition) is 3. The number of likely N-dealkylation sites (tertiary alicyclic amines) is 1. The van der Waals surface area contributed by atoms with Crippen LogP contribution < -0.4 is 0 Å². The van der Waals surface area contributed by atoms with E-state index < -0.39 is 11.9 Å². The van der Waals surface area contributed by atoms with Crippen molar-refractivity contribution >= 4 is 22.9 Å². The van der Waals surface area contributed by atoms with Gasteiger partial charge in [0.2, 0.25) is 0 Å². The maximum absolute atomic E-state index is 12.9. The van der Waals surface area contributed by atoms with E-state index in [9.17, 15) is 14.7 Å². The van der Waals surface area contributed by atoms with Gasteiger partial charge in [0, 0.05) is 23.8 Å². The number of amides is 1. The monoisotopic (exact) mass is 363 g/mol. The van der Waals surface area contributed by atoms with E-state index in [4.69, 9.17) is 0 Å². The van der Waals surface area contributed by atoms with E-state index in [1.165, 1.54) is 0 Å². The van der Waals surface area contributed by atoms with E-state index in [0.717, 1.165) is 16.7 Å². The third kappa shape index (κ3) is 3.07. The number of hydrogen-bond donors (Lipinski definition) is 1. The Morgan fingerprint density at radius 2 is 1.85 bits per heavy atom. The third-order valence-corrected chi connectivity index (χ3v) is 5.41. The van der Waals surface area contributed by atoms with E-state index in [-0.39, 0.29) is 11.9 Å². The fourth-order valence-electron chi connectivity index (χ4n) is 3.86. The van der Waals surface area contributed by atoms with Gasteiger partial charge in [-0.25, -0.2) is 4.98 Å². The average molecular weight is 363 g/mol. The number of benzene rings is 2. The molecule has 0 saturated carbocycles. The molecule has 0 bridgehead atoms. The lowest BCUT2D eigenvalue weighted by Crippen LogP contribution is -2.49. The summed E-state index contributed by atoms with van der Waals surface area (Å²) in [5.74, 6) is -1.45. The zero-order chi connectivity index (χ0) is 19.0. The van der Waals surface area contributed by atoms with Crippen molar-refractivity contribution in [3.63, 3.8) is 0 Å². The SMILES string of the molecule is C[C@@H]1[C@H](C(=O)O)CCCN1C(=O)c1ccc(-n2cnc3ccccc32)cc1. The Morgan fingerprint density at radius 3 is 2.59 bits per heavy atom. The number of carbonyl (C=O) groups is 2. The minimum atomic E-state index is -0.831. The van der Waals surface area contributed by atoms with E-state index in [2.05, 4.69) is 4.98 Å². The summed E-state index contributed by atoms with van der Waals surface area (Å²) in [6, 6.07) is 15.0. The number of rotatable bonds is 3. The van der Waals surface area contributed by atoms with Crippen molar-refractivity contribution in [3.8, 4) is 5.69 Å². The van der Waals surface area contributed by atoms with Crippen molar-refractivity contribution in [2.45, 2.75) is 25.8 Å². The first-order valence-electron chi connectivity index (χ1n) is 9.12. The molecule has 6 nitrogen and oxygen atoms in total. The summed E-state index contributed by atoms with van der Waals surface area (Å²) in [7, 11) is 0. The number of imidazole rings is 1. The van der Waals surface area contributed by atoms with Crippen molar-refractivity contribution in [2.24, 2.45) is 5.92 Å². The van der Waals surface area contributed by atoms with Crippen LogP contribution in [0.25, 0.3) is 16.7 Å². The lowest BCUT2D eigenvalue weighted by Gasteiger charge is -2.37. The van der Waals surface area contributed by atoms with Gasteiger partial charge in [-0.05, 0) is 56.2 Å². The second kappa shape index (κ2) is 6.87. The van der Waals surface area contributed by atoms with Crippen LogP contribution >= 0.6 is 0 Å². The summed E-state index contributed by atoms with van der Waals surface area (Å²) >= 11 is 0. The van der Waals surface area contributed by atoms with Gasteiger partial charge in [-0.3, -0.25) is 14.2 Å². The lowest BCUT2D eigenvalue weighted by molar-refractivity contribution is -0.144. The highest BCUT2D eigenvalue weighted by Crippen LogP contribution is 2.26. The molecule has 2 atom stereocenters. The molecule has 0 spiro atoms. The molecular weight excluding hydrogens is 342 g/mol. The summed E-state index contributed by atoms with van der Waals surface area (Å²) in [4.78, 5) is 30.4. The Morgan fingerprint density at radius 1 is 1.11 bits per heavy atom. The summed E-state index contributed by atoms with van der Waals surface area (Å²) in [6.07, 6.45) is 3.10. The zero-order valence-electron chi connectivity index (χ0n) is 15.1. The number of carboxylic acids is 1. The molecule has 1 aromatic heterocycles. The third-order valence-electron chi connectivity index (χ3n) is 5.41. The van der Waals surface area contributed by atoms with Crippen LogP contribution in [0.5, 0.6) is 0 Å². The minimum Gasteiger partial charge on any atom is -0.481 e. The molecule has 1 amide bonds. The first kappa shape index (κ1) is 17.3. The lowest BCUT2D eigenvalue weighted by atomic mass is 9.90. The standard InChI is InChI=1S/C21H21N3O3/c1-14-17(21(26)27)5-4-12-23(14)20(25)15-8-10-16(11-9-15)24-13-22-18-6-2-3-7-19(18)24/h2-3,6-11,13-14,17H,4-5,12H2,1H3,(H,26,27)/t14-,17-/m1/s1. The van der Waals surface area contributed by atoms with Crippen LogP contribution in [0.3, 0.4) is 0 Å². The molecule has 1 N–H and O–H groups in total. The molecular formula is C21H21N3O3. The van der Waals surface area contributed by atoms with E-state index in [1.54, 1.807) is 23.4 Å². The summed E-state index contributed by atoms with van der Waals surface area (Å²) < 4.78 is 1.98. The number of carbonyl (C=O) groups excluding carboxylic acids is 1. The predicted molar refractivity (Wildman–Crippen MR) is 102 cm³/mol. The van der Waals surface area contributed by atoms with Crippen LogP contribution in [0.1, 0.15) is 30.1 Å². The highest BCUT2D eigenvalue weighted by atomic mass is 16.4. The van der Waals surface area contributed by atoms with E-state index in [1.807, 2.05) is 47.9 Å². The maximum atomic E-state index is 12.9. The van der Waals surface area contributed by atoms with Crippen molar-refractivity contribution in [2.75, 3.05) is 6.54 Å². The minimum absolute atomic E-state index is 0.115. The van der Waals surface area contributed by atoms with Crippen molar-refractivity contribution in [1.82, 2.24) is 14.5 Å². The fraction of sp³-hybridized carbons (Fsp3) is 0.286. The number of para-hydroxylation sites is 2. The second-order valence-corrected chi connectivity index (χ2v) is 6.98. The summed E-state index contributed by atoms with van der Waals surface area (Å²) in [5.41, 5.74) is 3.42. The van der Waals surface area contributed by atoms with Gasteiger partial charge in [-0.1, -0.05) is 12.1 Å². The molecule has 2 heterocycles. The quantitative estimate of drug-likeness (QED) is 0.774. The number of piperidine rings is 1. The van der Waals surface area contributed by atoms with Crippen LogP contribution in [0, 0.1) is 5.92 Å². The smallest absolute Gasteiger partial charge is 0.308 e. The van der Waals surface area contributed by atoms with Gasteiger partial charge < -0.3 is 10.0 Å². The Kier molecular flexibility index (Phi) is 4.39. The molecule has 27 heavy (non-hydrogen) atoms. The first-order valence-corrected chi connectivity index (χ1v) is 9.12. The van der Waals surface area contributed by atoms with Crippen LogP contribution in [-0.2, 0) is 4.79 Å². The number of aliphatic carboxylic acids is 1. The van der Waals surface area contributed by atoms with Crippen molar-refractivity contribution in [1.29, 1.82) is 0 Å². The number of carboxylic acid groups (broad SMARTS) is 1. The highest BCUT2D eigenvalue weighted by molar-refractivity contribution is 5.95. The molecule has 1 aliphatic heterocycles. The molecule has 6 heteroatoms. The van der Waals surface area contributed by atoms with E-state index >= 15 is 0 Å². The largest absolute Gasteiger partial charge is 0.481 e. The second-order valence-electron chi connectivity index (χ2n) is 6.98. The highest BCUT2D eigenvalue weighted by Gasteiger charge is 2.35. The van der Waals surface area contributed by atoms with Crippen molar-refractivity contribution in [3.05, 3.63) is 60.4 Å². The number of aromatic nitrogens is 2. The number of fused-ring (bicyclic) bond motifs is 1. The Hall–Kier alpha value is -3.15. The van der Waals surface area contributed by atoms with Crippen LogP contribution in [-0.4, -0.2) is 44.0 Å². The summed E-state index contributed by atoms with van der Waals surface area (Å²) in [6.45, 7) is 2.42. The molecule has 1 fully saturated rings.